The van der Waals surface area contributed by atoms with Crippen LogP contribution in [0.1, 0.15) is 63.6 Å². The highest BCUT2D eigenvalue weighted by Gasteiger charge is 2.32. The topological polar surface area (TPSA) is 86.8 Å². The van der Waals surface area contributed by atoms with Gasteiger partial charge in [-0.2, -0.15) is 0 Å². The van der Waals surface area contributed by atoms with Crippen LogP contribution in [0.3, 0.4) is 0 Å². The number of amides is 2. The Morgan fingerprint density at radius 2 is 1.45 bits per heavy atom. The summed E-state index contributed by atoms with van der Waals surface area (Å²) in [5.41, 5.74) is 3.21. The summed E-state index contributed by atoms with van der Waals surface area (Å²) in [6.45, 7) is 11.3. The minimum atomic E-state index is -4.09. The second-order valence-electron chi connectivity index (χ2n) is 10.6. The molecule has 0 aromatic heterocycles. The number of benzene rings is 3. The van der Waals surface area contributed by atoms with Gasteiger partial charge in [-0.1, -0.05) is 80.9 Å². The fourth-order valence-corrected chi connectivity index (χ4v) is 5.63. The standard InChI is InChI=1S/C32H41N3O4S/c1-7-25(5)33-32(37)26(6)34(21-27-11-9-8-10-12-27)31(36)22-35(29-17-15-28(16-18-29)23(2)3)40(38,39)30-19-13-24(4)14-20-30/h8-20,23,25-26H,7,21-22H2,1-6H3,(H,33,37)/t25-,26-/m1/s1. The lowest BCUT2D eigenvalue weighted by molar-refractivity contribution is -0.139. The highest BCUT2D eigenvalue weighted by atomic mass is 32.2. The number of nitrogens with one attached hydrogen (secondary N) is 1. The third-order valence-corrected chi connectivity index (χ3v) is 8.89. The Kier molecular flexibility index (Phi) is 10.5. The van der Waals surface area contributed by atoms with Crippen molar-refractivity contribution in [1.82, 2.24) is 10.2 Å². The molecule has 3 rings (SSSR count). The predicted molar refractivity (Wildman–Crippen MR) is 161 cm³/mol. The maximum absolute atomic E-state index is 14.0. The van der Waals surface area contributed by atoms with Crippen LogP contribution >= 0.6 is 0 Å². The van der Waals surface area contributed by atoms with Crippen molar-refractivity contribution < 1.29 is 18.0 Å². The van der Waals surface area contributed by atoms with E-state index in [0.29, 0.717) is 5.69 Å². The molecule has 7 nitrogen and oxygen atoms in total. The molecule has 3 aromatic rings. The van der Waals surface area contributed by atoms with Crippen LogP contribution in [0.2, 0.25) is 0 Å². The van der Waals surface area contributed by atoms with Crippen molar-refractivity contribution in [2.24, 2.45) is 0 Å². The zero-order valence-electron chi connectivity index (χ0n) is 24.3. The summed E-state index contributed by atoms with van der Waals surface area (Å²) >= 11 is 0. The monoisotopic (exact) mass is 563 g/mol. The molecule has 0 saturated heterocycles. The summed E-state index contributed by atoms with van der Waals surface area (Å²) in [5.74, 6) is -0.490. The molecule has 0 unspecified atom stereocenters. The van der Waals surface area contributed by atoms with E-state index < -0.39 is 28.5 Å². The molecule has 0 spiro atoms. The molecule has 0 aliphatic rings. The van der Waals surface area contributed by atoms with Crippen LogP contribution in [0.15, 0.2) is 83.8 Å². The first-order valence-electron chi connectivity index (χ1n) is 13.8. The summed E-state index contributed by atoms with van der Waals surface area (Å²) in [5, 5.41) is 2.95. The van der Waals surface area contributed by atoms with Gasteiger partial charge in [0.2, 0.25) is 11.8 Å². The second-order valence-corrected chi connectivity index (χ2v) is 12.4. The van der Waals surface area contributed by atoms with E-state index >= 15 is 0 Å². The quantitative estimate of drug-likeness (QED) is 0.309. The molecule has 8 heteroatoms. The van der Waals surface area contributed by atoms with Gasteiger partial charge in [0.15, 0.2) is 0 Å². The maximum atomic E-state index is 14.0. The third-order valence-electron chi connectivity index (χ3n) is 7.10. The van der Waals surface area contributed by atoms with E-state index in [2.05, 4.69) is 19.2 Å². The molecule has 3 aromatic carbocycles. The van der Waals surface area contributed by atoms with Crippen molar-refractivity contribution in [2.45, 2.75) is 77.4 Å². The molecule has 214 valence electrons. The van der Waals surface area contributed by atoms with Gasteiger partial charge >= 0.3 is 0 Å². The zero-order valence-corrected chi connectivity index (χ0v) is 25.1. The summed E-state index contributed by atoms with van der Waals surface area (Å²) in [4.78, 5) is 28.6. The Morgan fingerprint density at radius 1 is 0.850 bits per heavy atom. The van der Waals surface area contributed by atoms with E-state index in [1.807, 2.05) is 63.2 Å². The lowest BCUT2D eigenvalue weighted by atomic mass is 10.0. The molecular formula is C32H41N3O4S. The van der Waals surface area contributed by atoms with E-state index in [0.717, 1.165) is 27.4 Å². The number of rotatable bonds is 12. The maximum Gasteiger partial charge on any atom is 0.264 e. The smallest absolute Gasteiger partial charge is 0.264 e. The van der Waals surface area contributed by atoms with E-state index in [1.54, 1.807) is 43.3 Å². The van der Waals surface area contributed by atoms with Crippen molar-refractivity contribution in [1.29, 1.82) is 0 Å². The van der Waals surface area contributed by atoms with Crippen molar-refractivity contribution >= 4 is 27.5 Å². The number of sulfonamides is 1. The fraction of sp³-hybridized carbons (Fsp3) is 0.375. The number of hydrogen-bond acceptors (Lipinski definition) is 4. The van der Waals surface area contributed by atoms with Gasteiger partial charge in [0.05, 0.1) is 10.6 Å². The molecule has 0 aliphatic heterocycles. The molecular weight excluding hydrogens is 522 g/mol. The highest BCUT2D eigenvalue weighted by molar-refractivity contribution is 7.92. The number of nitrogens with zero attached hydrogens (tertiary/aromatic N) is 2. The van der Waals surface area contributed by atoms with Gasteiger partial charge < -0.3 is 10.2 Å². The molecule has 0 radical (unpaired) electrons. The van der Waals surface area contributed by atoms with Gasteiger partial charge in [-0.3, -0.25) is 13.9 Å². The minimum Gasteiger partial charge on any atom is -0.352 e. The van der Waals surface area contributed by atoms with Gasteiger partial charge in [-0.05, 0) is 68.5 Å². The number of aryl methyl sites for hydroxylation is 1. The van der Waals surface area contributed by atoms with E-state index in [4.69, 9.17) is 0 Å². The molecule has 0 bridgehead atoms. The van der Waals surface area contributed by atoms with Crippen LogP contribution in [0.25, 0.3) is 0 Å². The van der Waals surface area contributed by atoms with E-state index in [1.165, 1.54) is 4.90 Å². The average Bonchev–Trinajstić information content (AvgIpc) is 2.94. The molecule has 2 atom stereocenters. The summed E-state index contributed by atoms with van der Waals surface area (Å²) in [6.07, 6.45) is 0.750. The highest BCUT2D eigenvalue weighted by Crippen LogP contribution is 2.27. The lowest BCUT2D eigenvalue weighted by Gasteiger charge is -2.32. The van der Waals surface area contributed by atoms with Gasteiger partial charge in [0.1, 0.15) is 12.6 Å². The zero-order chi connectivity index (χ0) is 29.4. The van der Waals surface area contributed by atoms with Crippen molar-refractivity contribution in [2.75, 3.05) is 10.8 Å². The number of hydrogen-bond donors (Lipinski definition) is 1. The predicted octanol–water partition coefficient (Wildman–Crippen LogP) is 5.65. The average molecular weight is 564 g/mol. The largest absolute Gasteiger partial charge is 0.352 e. The van der Waals surface area contributed by atoms with Gasteiger partial charge in [0, 0.05) is 12.6 Å². The molecule has 1 N–H and O–H groups in total. The van der Waals surface area contributed by atoms with E-state index in [-0.39, 0.29) is 29.3 Å². The SMILES string of the molecule is CC[C@@H](C)NC(=O)[C@@H](C)N(Cc1ccccc1)C(=O)CN(c1ccc(C(C)C)cc1)S(=O)(=O)c1ccc(C)cc1. The van der Waals surface area contributed by atoms with Gasteiger partial charge in [-0.25, -0.2) is 8.42 Å². The van der Waals surface area contributed by atoms with Crippen LogP contribution < -0.4 is 9.62 Å². The molecule has 0 heterocycles. The Morgan fingerprint density at radius 3 is 2.00 bits per heavy atom. The molecule has 0 fully saturated rings. The van der Waals surface area contributed by atoms with Crippen LogP contribution in [0.5, 0.6) is 0 Å². The number of anilines is 1. The Hall–Kier alpha value is -3.65. The lowest BCUT2D eigenvalue weighted by Crippen LogP contribution is -2.52. The van der Waals surface area contributed by atoms with E-state index in [9.17, 15) is 18.0 Å². The minimum absolute atomic E-state index is 0.0542. The Labute approximate surface area is 239 Å². The summed E-state index contributed by atoms with van der Waals surface area (Å²) in [6, 6.07) is 22.3. The number of carbonyl (C=O) groups excluding carboxylic acids is 2. The van der Waals surface area contributed by atoms with Crippen LogP contribution in [0, 0.1) is 6.92 Å². The first kappa shape index (κ1) is 30.9. The molecule has 2 amide bonds. The van der Waals surface area contributed by atoms with Crippen LogP contribution in [-0.4, -0.2) is 43.8 Å². The number of carbonyl (C=O) groups is 2. The molecule has 40 heavy (non-hydrogen) atoms. The summed E-state index contributed by atoms with van der Waals surface area (Å²) in [7, 11) is -4.09. The molecule has 0 aliphatic carbocycles. The third kappa shape index (κ3) is 7.72. The van der Waals surface area contributed by atoms with Crippen molar-refractivity contribution in [3.63, 3.8) is 0 Å². The van der Waals surface area contributed by atoms with Crippen molar-refractivity contribution in [3.05, 3.63) is 95.6 Å². The molecule has 0 saturated carbocycles. The van der Waals surface area contributed by atoms with Crippen LogP contribution in [-0.2, 0) is 26.2 Å². The van der Waals surface area contributed by atoms with Crippen LogP contribution in [0.4, 0.5) is 5.69 Å². The Balaban J connectivity index is 2.02. The fourth-order valence-electron chi connectivity index (χ4n) is 4.22. The second kappa shape index (κ2) is 13.6. The normalized spacial score (nSPS) is 13.0. The first-order chi connectivity index (χ1) is 18.9. The van der Waals surface area contributed by atoms with Gasteiger partial charge in [-0.15, -0.1) is 0 Å². The Bertz CT molecular complexity index is 1370. The first-order valence-corrected chi connectivity index (χ1v) is 15.2. The summed E-state index contributed by atoms with van der Waals surface area (Å²) < 4.78 is 29.0. The van der Waals surface area contributed by atoms with Gasteiger partial charge in [0.25, 0.3) is 10.0 Å². The van der Waals surface area contributed by atoms with Crippen molar-refractivity contribution in [3.8, 4) is 0 Å².